The molecule has 1 aliphatic heterocycles. The zero-order chi connectivity index (χ0) is 12.1. The Balaban J connectivity index is 1.70. The largest absolute Gasteiger partial charge is 0.378 e. The van der Waals surface area contributed by atoms with Gasteiger partial charge in [0.25, 0.3) is 0 Å². The Labute approximate surface area is 104 Å². The highest BCUT2D eigenvalue weighted by molar-refractivity contribution is 5.14. The van der Waals surface area contributed by atoms with Crippen molar-refractivity contribution in [1.82, 2.24) is 10.2 Å². The van der Waals surface area contributed by atoms with E-state index < -0.39 is 0 Å². The molecule has 1 heterocycles. The van der Waals surface area contributed by atoms with E-state index in [-0.39, 0.29) is 0 Å². The van der Waals surface area contributed by atoms with Crippen molar-refractivity contribution in [2.75, 3.05) is 26.8 Å². The predicted octanol–water partition coefficient (Wildman–Crippen LogP) is 1.50. The van der Waals surface area contributed by atoms with Gasteiger partial charge in [-0.15, -0.1) is 0 Å². The van der Waals surface area contributed by atoms with E-state index >= 15 is 0 Å². The standard InChI is InChI=1S/C14H22N2O/c1-12(15-14-10-17-11-14)8-16(2)9-13-6-4-3-5-7-13/h3-7,12,14-15H,8-11H2,1-2H3. The zero-order valence-electron chi connectivity index (χ0n) is 10.7. The second-order valence-electron chi connectivity index (χ2n) is 4.98. The van der Waals surface area contributed by atoms with Gasteiger partial charge in [0, 0.05) is 19.1 Å². The summed E-state index contributed by atoms with van der Waals surface area (Å²) in [6.07, 6.45) is 0. The Morgan fingerprint density at radius 1 is 1.35 bits per heavy atom. The van der Waals surface area contributed by atoms with Gasteiger partial charge in [-0.1, -0.05) is 30.3 Å². The lowest BCUT2D eigenvalue weighted by Gasteiger charge is -2.31. The van der Waals surface area contributed by atoms with Gasteiger partial charge in [-0.25, -0.2) is 0 Å². The van der Waals surface area contributed by atoms with Crippen molar-refractivity contribution in [2.24, 2.45) is 0 Å². The van der Waals surface area contributed by atoms with Crippen LogP contribution in [0.3, 0.4) is 0 Å². The number of nitrogens with one attached hydrogen (secondary N) is 1. The molecule has 0 amide bonds. The molecule has 1 fully saturated rings. The topological polar surface area (TPSA) is 24.5 Å². The van der Waals surface area contributed by atoms with Crippen LogP contribution >= 0.6 is 0 Å². The molecule has 1 N–H and O–H groups in total. The molecule has 3 heteroatoms. The minimum atomic E-state index is 0.512. The number of benzene rings is 1. The zero-order valence-corrected chi connectivity index (χ0v) is 10.7. The molecule has 1 aromatic carbocycles. The number of rotatable bonds is 6. The molecule has 1 aliphatic rings. The summed E-state index contributed by atoms with van der Waals surface area (Å²) < 4.78 is 5.16. The van der Waals surface area contributed by atoms with Crippen molar-refractivity contribution >= 4 is 0 Å². The average molecular weight is 234 g/mol. The molecule has 1 atom stereocenters. The average Bonchev–Trinajstić information content (AvgIpc) is 2.25. The SMILES string of the molecule is CC(CN(C)Cc1ccccc1)NC1COC1. The summed E-state index contributed by atoms with van der Waals surface area (Å²) in [5, 5.41) is 3.57. The van der Waals surface area contributed by atoms with Gasteiger partial charge in [0.2, 0.25) is 0 Å². The van der Waals surface area contributed by atoms with Crippen LogP contribution in [0.2, 0.25) is 0 Å². The fraction of sp³-hybridized carbons (Fsp3) is 0.571. The number of hydrogen-bond acceptors (Lipinski definition) is 3. The Hall–Kier alpha value is -0.900. The van der Waals surface area contributed by atoms with Crippen LogP contribution in [-0.2, 0) is 11.3 Å². The Morgan fingerprint density at radius 2 is 2.06 bits per heavy atom. The molecular weight excluding hydrogens is 212 g/mol. The van der Waals surface area contributed by atoms with Crippen molar-refractivity contribution in [1.29, 1.82) is 0 Å². The van der Waals surface area contributed by atoms with Crippen molar-refractivity contribution < 1.29 is 4.74 Å². The maximum Gasteiger partial charge on any atom is 0.0643 e. The molecular formula is C14H22N2O. The summed E-state index contributed by atoms with van der Waals surface area (Å²) in [4.78, 5) is 2.35. The van der Waals surface area contributed by atoms with Gasteiger partial charge in [0.05, 0.1) is 19.3 Å². The molecule has 1 aromatic rings. The first kappa shape index (κ1) is 12.6. The fourth-order valence-electron chi connectivity index (χ4n) is 2.21. The predicted molar refractivity (Wildman–Crippen MR) is 70.0 cm³/mol. The van der Waals surface area contributed by atoms with Crippen molar-refractivity contribution in [3.63, 3.8) is 0 Å². The second-order valence-corrected chi connectivity index (χ2v) is 4.98. The molecule has 1 unspecified atom stereocenters. The molecule has 0 saturated carbocycles. The first-order valence-electron chi connectivity index (χ1n) is 6.30. The van der Waals surface area contributed by atoms with Gasteiger partial charge < -0.3 is 15.0 Å². The van der Waals surface area contributed by atoms with Crippen LogP contribution in [0.25, 0.3) is 0 Å². The van der Waals surface area contributed by atoms with E-state index in [2.05, 4.69) is 54.5 Å². The first-order chi connectivity index (χ1) is 8.24. The van der Waals surface area contributed by atoms with E-state index in [1.165, 1.54) is 5.56 Å². The maximum atomic E-state index is 5.16. The van der Waals surface area contributed by atoms with Gasteiger partial charge >= 0.3 is 0 Å². The van der Waals surface area contributed by atoms with E-state index in [1.54, 1.807) is 0 Å². The quantitative estimate of drug-likeness (QED) is 0.807. The third-order valence-corrected chi connectivity index (χ3v) is 3.04. The molecule has 0 spiro atoms. The van der Waals surface area contributed by atoms with Crippen LogP contribution in [0.1, 0.15) is 12.5 Å². The summed E-state index contributed by atoms with van der Waals surface area (Å²) in [6.45, 7) is 6.04. The molecule has 0 aromatic heterocycles. The van der Waals surface area contributed by atoms with Crippen LogP contribution in [0, 0.1) is 0 Å². The van der Waals surface area contributed by atoms with Gasteiger partial charge in [-0.3, -0.25) is 0 Å². The van der Waals surface area contributed by atoms with Gasteiger partial charge in [0.15, 0.2) is 0 Å². The lowest BCUT2D eigenvalue weighted by Crippen LogP contribution is -2.52. The molecule has 94 valence electrons. The number of hydrogen-bond donors (Lipinski definition) is 1. The minimum absolute atomic E-state index is 0.512. The normalized spacial score (nSPS) is 18.1. The van der Waals surface area contributed by atoms with Gasteiger partial charge in [-0.2, -0.15) is 0 Å². The summed E-state index contributed by atoms with van der Waals surface area (Å²) in [7, 11) is 2.17. The molecule has 17 heavy (non-hydrogen) atoms. The van der Waals surface area contributed by atoms with E-state index in [0.717, 1.165) is 26.3 Å². The van der Waals surface area contributed by atoms with Gasteiger partial charge in [-0.05, 0) is 19.5 Å². The van der Waals surface area contributed by atoms with E-state index in [0.29, 0.717) is 12.1 Å². The van der Waals surface area contributed by atoms with Crippen LogP contribution < -0.4 is 5.32 Å². The molecule has 0 radical (unpaired) electrons. The lowest BCUT2D eigenvalue weighted by atomic mass is 10.2. The first-order valence-corrected chi connectivity index (χ1v) is 6.30. The monoisotopic (exact) mass is 234 g/mol. The van der Waals surface area contributed by atoms with Crippen LogP contribution in [0.4, 0.5) is 0 Å². The number of nitrogens with zero attached hydrogens (tertiary/aromatic N) is 1. The van der Waals surface area contributed by atoms with Crippen molar-refractivity contribution in [3.8, 4) is 0 Å². The minimum Gasteiger partial charge on any atom is -0.378 e. The van der Waals surface area contributed by atoms with Crippen LogP contribution in [0.5, 0.6) is 0 Å². The second kappa shape index (κ2) is 6.15. The third-order valence-electron chi connectivity index (χ3n) is 3.04. The highest BCUT2D eigenvalue weighted by atomic mass is 16.5. The van der Waals surface area contributed by atoms with E-state index in [1.807, 2.05) is 0 Å². The number of ether oxygens (including phenoxy) is 1. The third kappa shape index (κ3) is 4.11. The fourth-order valence-corrected chi connectivity index (χ4v) is 2.21. The molecule has 3 nitrogen and oxygen atoms in total. The summed E-state index contributed by atoms with van der Waals surface area (Å²) >= 11 is 0. The van der Waals surface area contributed by atoms with E-state index in [4.69, 9.17) is 4.74 Å². The molecule has 1 saturated heterocycles. The van der Waals surface area contributed by atoms with Crippen molar-refractivity contribution in [2.45, 2.75) is 25.6 Å². The molecule has 2 rings (SSSR count). The Kier molecular flexibility index (Phi) is 4.54. The summed E-state index contributed by atoms with van der Waals surface area (Å²) in [5.41, 5.74) is 1.37. The van der Waals surface area contributed by atoms with E-state index in [9.17, 15) is 0 Å². The highest BCUT2D eigenvalue weighted by Crippen LogP contribution is 2.05. The number of likely N-dealkylation sites (N-methyl/N-ethyl adjacent to an activating group) is 1. The summed E-state index contributed by atoms with van der Waals surface area (Å²) in [6, 6.07) is 11.7. The smallest absolute Gasteiger partial charge is 0.0643 e. The van der Waals surface area contributed by atoms with Crippen LogP contribution in [-0.4, -0.2) is 43.8 Å². The molecule has 0 aliphatic carbocycles. The Bertz CT molecular complexity index is 324. The summed E-state index contributed by atoms with van der Waals surface area (Å²) in [5.74, 6) is 0. The highest BCUT2D eigenvalue weighted by Gasteiger charge is 2.20. The maximum absolute atomic E-state index is 5.16. The molecule has 0 bridgehead atoms. The van der Waals surface area contributed by atoms with Crippen molar-refractivity contribution in [3.05, 3.63) is 35.9 Å². The van der Waals surface area contributed by atoms with Gasteiger partial charge in [0.1, 0.15) is 0 Å². The lowest BCUT2D eigenvalue weighted by molar-refractivity contribution is -0.0105. The van der Waals surface area contributed by atoms with Crippen LogP contribution in [0.15, 0.2) is 30.3 Å². The Morgan fingerprint density at radius 3 is 2.65 bits per heavy atom.